The van der Waals surface area contributed by atoms with E-state index in [0.29, 0.717) is 6.61 Å². The van der Waals surface area contributed by atoms with E-state index in [1.807, 2.05) is 12.1 Å². The van der Waals surface area contributed by atoms with Crippen LogP contribution in [0.4, 0.5) is 0 Å². The first-order chi connectivity index (χ1) is 9.83. The number of rotatable bonds is 5. The van der Waals surface area contributed by atoms with Crippen molar-refractivity contribution in [3.63, 3.8) is 0 Å². The van der Waals surface area contributed by atoms with E-state index in [-0.39, 0.29) is 5.54 Å². The Kier molecular flexibility index (Phi) is 5.88. The van der Waals surface area contributed by atoms with Gasteiger partial charge in [-0.2, -0.15) is 0 Å². The van der Waals surface area contributed by atoms with E-state index in [4.69, 9.17) is 4.74 Å². The Morgan fingerprint density at radius 1 is 1.19 bits per heavy atom. The molecule has 0 bridgehead atoms. The van der Waals surface area contributed by atoms with Crippen LogP contribution < -0.4 is 10.1 Å². The van der Waals surface area contributed by atoms with E-state index in [1.54, 1.807) is 11.3 Å². The van der Waals surface area contributed by atoms with Crippen molar-refractivity contribution in [3.05, 3.63) is 49.0 Å². The van der Waals surface area contributed by atoms with Gasteiger partial charge in [-0.05, 0) is 66.5 Å². The summed E-state index contributed by atoms with van der Waals surface area (Å²) < 4.78 is 8.08. The van der Waals surface area contributed by atoms with Gasteiger partial charge in [0.1, 0.15) is 12.4 Å². The predicted octanol–water partition coefficient (Wildman–Crippen LogP) is 5.74. The Morgan fingerprint density at radius 3 is 2.57 bits per heavy atom. The van der Waals surface area contributed by atoms with Gasteiger partial charge in [-0.15, -0.1) is 11.3 Å². The van der Waals surface area contributed by atoms with E-state index in [0.717, 1.165) is 21.2 Å². The lowest BCUT2D eigenvalue weighted by atomic mass is 10.1. The van der Waals surface area contributed by atoms with Crippen molar-refractivity contribution >= 4 is 43.2 Å². The lowest BCUT2D eigenvalue weighted by molar-refractivity contribution is 0.309. The van der Waals surface area contributed by atoms with Crippen LogP contribution in [0.5, 0.6) is 5.75 Å². The number of ether oxygens (including phenoxy) is 1. The van der Waals surface area contributed by atoms with Crippen LogP contribution in [0.2, 0.25) is 0 Å². The highest BCUT2D eigenvalue weighted by Gasteiger charge is 2.10. The molecule has 0 radical (unpaired) electrons. The average Bonchev–Trinajstić information content (AvgIpc) is 2.81. The Labute approximate surface area is 147 Å². The molecule has 0 spiro atoms. The van der Waals surface area contributed by atoms with Crippen molar-refractivity contribution in [2.45, 2.75) is 39.5 Å². The molecule has 0 fully saturated rings. The number of hydrogen-bond donors (Lipinski definition) is 1. The Hall–Kier alpha value is -0.360. The molecule has 1 aromatic carbocycles. The number of nitrogens with one attached hydrogen (secondary N) is 1. The third-order valence-electron chi connectivity index (χ3n) is 2.83. The first-order valence-electron chi connectivity index (χ1n) is 6.73. The number of thiophene rings is 1. The molecule has 0 atom stereocenters. The van der Waals surface area contributed by atoms with Gasteiger partial charge in [-0.1, -0.05) is 15.9 Å². The molecule has 2 rings (SSSR count). The quantitative estimate of drug-likeness (QED) is 0.650. The SMILES string of the molecule is CC(C)(C)NCc1cc(OCc2cc(Br)cs2)ccc1Br. The zero-order valence-electron chi connectivity index (χ0n) is 12.4. The van der Waals surface area contributed by atoms with Gasteiger partial charge < -0.3 is 10.1 Å². The molecule has 0 unspecified atom stereocenters. The van der Waals surface area contributed by atoms with Gasteiger partial charge in [0.2, 0.25) is 0 Å². The van der Waals surface area contributed by atoms with Crippen LogP contribution in [0.1, 0.15) is 31.2 Å². The fourth-order valence-corrected chi connectivity index (χ4v) is 3.47. The molecule has 2 nitrogen and oxygen atoms in total. The first kappa shape index (κ1) is 17.0. The van der Waals surface area contributed by atoms with E-state index < -0.39 is 0 Å². The summed E-state index contributed by atoms with van der Waals surface area (Å²) in [6, 6.07) is 8.21. The minimum atomic E-state index is 0.0968. The molecule has 2 aromatic rings. The maximum Gasteiger partial charge on any atom is 0.122 e. The fraction of sp³-hybridized carbons (Fsp3) is 0.375. The topological polar surface area (TPSA) is 21.3 Å². The number of halogens is 2. The molecule has 1 heterocycles. The summed E-state index contributed by atoms with van der Waals surface area (Å²) in [5, 5.41) is 5.56. The van der Waals surface area contributed by atoms with Crippen LogP contribution in [-0.2, 0) is 13.2 Å². The number of benzene rings is 1. The van der Waals surface area contributed by atoms with Crippen molar-refractivity contribution in [1.82, 2.24) is 5.32 Å². The van der Waals surface area contributed by atoms with Gasteiger partial charge in [-0.25, -0.2) is 0 Å². The molecule has 5 heteroatoms. The summed E-state index contributed by atoms with van der Waals surface area (Å²) >= 11 is 8.75. The molecule has 1 N–H and O–H groups in total. The molecule has 0 saturated carbocycles. The van der Waals surface area contributed by atoms with E-state index in [9.17, 15) is 0 Å². The molecule has 21 heavy (non-hydrogen) atoms. The lowest BCUT2D eigenvalue weighted by Crippen LogP contribution is -2.35. The van der Waals surface area contributed by atoms with Crippen molar-refractivity contribution in [2.24, 2.45) is 0 Å². The van der Waals surface area contributed by atoms with Gasteiger partial charge in [0.15, 0.2) is 0 Å². The minimum absolute atomic E-state index is 0.0968. The van der Waals surface area contributed by atoms with Crippen molar-refractivity contribution < 1.29 is 4.74 Å². The highest BCUT2D eigenvalue weighted by molar-refractivity contribution is 9.10. The summed E-state index contributed by atoms with van der Waals surface area (Å²) in [6.07, 6.45) is 0. The number of hydrogen-bond acceptors (Lipinski definition) is 3. The normalized spacial score (nSPS) is 11.7. The zero-order valence-corrected chi connectivity index (χ0v) is 16.4. The molecule has 0 aliphatic rings. The van der Waals surface area contributed by atoms with Crippen LogP contribution in [-0.4, -0.2) is 5.54 Å². The van der Waals surface area contributed by atoms with Gasteiger partial charge in [0.25, 0.3) is 0 Å². The van der Waals surface area contributed by atoms with Gasteiger partial charge in [-0.3, -0.25) is 0 Å². The summed E-state index contributed by atoms with van der Waals surface area (Å²) in [7, 11) is 0. The second kappa shape index (κ2) is 7.27. The van der Waals surface area contributed by atoms with Crippen LogP contribution in [0, 0.1) is 0 Å². The summed E-state index contributed by atoms with van der Waals surface area (Å²) in [4.78, 5) is 1.21. The molecule has 0 aliphatic carbocycles. The van der Waals surface area contributed by atoms with Crippen LogP contribution >= 0.6 is 43.2 Å². The Balaban J connectivity index is 2.00. The maximum atomic E-state index is 5.87. The molecule has 114 valence electrons. The second-order valence-electron chi connectivity index (χ2n) is 5.88. The van der Waals surface area contributed by atoms with Crippen molar-refractivity contribution in [3.8, 4) is 5.75 Å². The van der Waals surface area contributed by atoms with Crippen LogP contribution in [0.25, 0.3) is 0 Å². The molecule has 0 amide bonds. The van der Waals surface area contributed by atoms with Gasteiger partial charge >= 0.3 is 0 Å². The van der Waals surface area contributed by atoms with Crippen LogP contribution in [0.15, 0.2) is 38.6 Å². The highest BCUT2D eigenvalue weighted by atomic mass is 79.9. The molecular weight excluding hydrogens is 414 g/mol. The lowest BCUT2D eigenvalue weighted by Gasteiger charge is -2.21. The van der Waals surface area contributed by atoms with Crippen molar-refractivity contribution in [1.29, 1.82) is 0 Å². The molecule has 0 aliphatic heterocycles. The average molecular weight is 433 g/mol. The van der Waals surface area contributed by atoms with Gasteiger partial charge in [0, 0.05) is 31.3 Å². The smallest absolute Gasteiger partial charge is 0.122 e. The predicted molar refractivity (Wildman–Crippen MR) is 97.1 cm³/mol. The standard InChI is InChI=1S/C16H19Br2NOS/c1-16(2,3)19-8-11-6-13(4-5-15(11)18)20-9-14-7-12(17)10-21-14/h4-7,10,19H,8-9H2,1-3H3. The first-order valence-corrected chi connectivity index (χ1v) is 9.19. The summed E-state index contributed by atoms with van der Waals surface area (Å²) in [5.41, 5.74) is 1.30. The molecular formula is C16H19Br2NOS. The van der Waals surface area contributed by atoms with E-state index in [1.165, 1.54) is 10.4 Å². The fourth-order valence-electron chi connectivity index (χ4n) is 1.72. The van der Waals surface area contributed by atoms with Crippen molar-refractivity contribution in [2.75, 3.05) is 0 Å². The second-order valence-corrected chi connectivity index (χ2v) is 8.64. The largest absolute Gasteiger partial charge is 0.488 e. The monoisotopic (exact) mass is 431 g/mol. The summed E-state index contributed by atoms with van der Waals surface area (Å²) in [6.45, 7) is 7.90. The minimum Gasteiger partial charge on any atom is -0.488 e. The molecule has 1 aromatic heterocycles. The highest BCUT2D eigenvalue weighted by Crippen LogP contribution is 2.25. The van der Waals surface area contributed by atoms with Crippen LogP contribution in [0.3, 0.4) is 0 Å². The maximum absolute atomic E-state index is 5.87. The van der Waals surface area contributed by atoms with Gasteiger partial charge in [0.05, 0.1) is 0 Å². The molecule has 0 saturated heterocycles. The van der Waals surface area contributed by atoms with E-state index in [2.05, 4.69) is 75.5 Å². The third-order valence-corrected chi connectivity index (χ3v) is 5.27. The summed E-state index contributed by atoms with van der Waals surface area (Å²) in [5.74, 6) is 0.897. The zero-order chi connectivity index (χ0) is 15.5. The third kappa shape index (κ3) is 5.74. The Morgan fingerprint density at radius 2 is 1.95 bits per heavy atom. The Bertz CT molecular complexity index is 605. The van der Waals surface area contributed by atoms with E-state index >= 15 is 0 Å².